The molecule has 1 rings (SSSR count). The number of halogens is 1. The van der Waals surface area contributed by atoms with Crippen molar-refractivity contribution in [3.05, 3.63) is 17.3 Å². The van der Waals surface area contributed by atoms with Crippen molar-refractivity contribution in [3.63, 3.8) is 0 Å². The maximum atomic E-state index is 11.2. The molecule has 0 aliphatic heterocycles. The summed E-state index contributed by atoms with van der Waals surface area (Å²) in [5, 5.41) is 7.73. The van der Waals surface area contributed by atoms with Gasteiger partial charge < -0.3 is 0 Å². The molecule has 0 saturated carbocycles. The fourth-order valence-electron chi connectivity index (χ4n) is 0.853. The van der Waals surface area contributed by atoms with Crippen LogP contribution in [0.1, 0.15) is 13.3 Å². The molecule has 1 heterocycles. The Bertz CT molecular complexity index is 299. The first-order valence-electron chi connectivity index (χ1n) is 3.91. The molecule has 4 nitrogen and oxygen atoms in total. The molecule has 0 spiro atoms. The van der Waals surface area contributed by atoms with Crippen molar-refractivity contribution < 1.29 is 4.79 Å². The number of carbonyl (C=O) groups is 1. The zero-order chi connectivity index (χ0) is 9.84. The van der Waals surface area contributed by atoms with Crippen LogP contribution in [0, 0.1) is 0 Å². The van der Waals surface area contributed by atoms with Gasteiger partial charge >= 0.3 is 0 Å². The van der Waals surface area contributed by atoms with Gasteiger partial charge in [-0.1, -0.05) is 18.5 Å². The Kier molecular flexibility index (Phi) is 3.19. The first-order chi connectivity index (χ1) is 6.15. The number of amides is 1. The van der Waals surface area contributed by atoms with Gasteiger partial charge in [0.2, 0.25) is 5.91 Å². The average molecular weight is 200 g/mol. The summed E-state index contributed by atoms with van der Waals surface area (Å²) in [5.74, 6) is 0.507. The quantitative estimate of drug-likeness (QED) is 0.725. The molecule has 0 unspecified atom stereocenters. The molecule has 1 aromatic rings. The van der Waals surface area contributed by atoms with Gasteiger partial charge in [0.25, 0.3) is 0 Å². The SMILES string of the molecule is CCC(=O)N(C)c1ccc(Cl)nn1. The summed E-state index contributed by atoms with van der Waals surface area (Å²) in [6.45, 7) is 1.79. The van der Waals surface area contributed by atoms with E-state index in [2.05, 4.69) is 10.2 Å². The number of nitrogens with zero attached hydrogens (tertiary/aromatic N) is 3. The van der Waals surface area contributed by atoms with Crippen molar-refractivity contribution in [2.75, 3.05) is 11.9 Å². The number of anilines is 1. The van der Waals surface area contributed by atoms with Crippen LogP contribution in [-0.4, -0.2) is 23.2 Å². The summed E-state index contributed by atoms with van der Waals surface area (Å²) in [5.41, 5.74) is 0. The van der Waals surface area contributed by atoms with Crippen LogP contribution < -0.4 is 4.90 Å². The largest absolute Gasteiger partial charge is 0.298 e. The van der Waals surface area contributed by atoms with Crippen molar-refractivity contribution in [1.82, 2.24) is 10.2 Å². The van der Waals surface area contributed by atoms with E-state index in [1.54, 1.807) is 26.1 Å². The molecule has 70 valence electrons. The first-order valence-corrected chi connectivity index (χ1v) is 4.28. The molecule has 0 saturated heterocycles. The molecular weight excluding hydrogens is 190 g/mol. The van der Waals surface area contributed by atoms with E-state index in [1.807, 2.05) is 0 Å². The molecule has 0 radical (unpaired) electrons. The van der Waals surface area contributed by atoms with Crippen LogP contribution in [0.25, 0.3) is 0 Å². The van der Waals surface area contributed by atoms with Gasteiger partial charge in [-0.05, 0) is 12.1 Å². The molecule has 0 aliphatic rings. The minimum Gasteiger partial charge on any atom is -0.298 e. The van der Waals surface area contributed by atoms with Gasteiger partial charge in [0.1, 0.15) is 0 Å². The lowest BCUT2D eigenvalue weighted by molar-refractivity contribution is -0.118. The van der Waals surface area contributed by atoms with Gasteiger partial charge in [-0.2, -0.15) is 0 Å². The van der Waals surface area contributed by atoms with Crippen molar-refractivity contribution >= 4 is 23.3 Å². The Balaban J connectivity index is 2.83. The Morgan fingerprint density at radius 3 is 2.69 bits per heavy atom. The molecule has 0 N–H and O–H groups in total. The summed E-state index contributed by atoms with van der Waals surface area (Å²) < 4.78 is 0. The van der Waals surface area contributed by atoms with Crippen LogP contribution in [0.2, 0.25) is 5.15 Å². The third-order valence-corrected chi connectivity index (χ3v) is 1.84. The second kappa shape index (κ2) is 4.18. The van der Waals surface area contributed by atoms with E-state index in [1.165, 1.54) is 4.90 Å². The van der Waals surface area contributed by atoms with Crippen molar-refractivity contribution in [2.24, 2.45) is 0 Å². The summed E-state index contributed by atoms with van der Waals surface area (Å²) in [4.78, 5) is 12.7. The molecule has 0 atom stereocenters. The van der Waals surface area contributed by atoms with E-state index in [-0.39, 0.29) is 5.91 Å². The fourth-order valence-corrected chi connectivity index (χ4v) is 0.954. The highest BCUT2D eigenvalue weighted by Gasteiger charge is 2.09. The van der Waals surface area contributed by atoms with Crippen LogP contribution in [0.3, 0.4) is 0 Å². The third kappa shape index (κ3) is 2.39. The molecule has 1 amide bonds. The average Bonchev–Trinajstić information content (AvgIpc) is 2.17. The predicted molar refractivity (Wildman–Crippen MR) is 50.7 cm³/mol. The topological polar surface area (TPSA) is 46.1 Å². The fraction of sp³-hybridized carbons (Fsp3) is 0.375. The van der Waals surface area contributed by atoms with Crippen molar-refractivity contribution in [3.8, 4) is 0 Å². The highest BCUT2D eigenvalue weighted by Crippen LogP contribution is 2.10. The van der Waals surface area contributed by atoms with Crippen LogP contribution >= 0.6 is 11.6 Å². The lowest BCUT2D eigenvalue weighted by Crippen LogP contribution is -2.26. The number of hydrogen-bond donors (Lipinski definition) is 0. The Morgan fingerprint density at radius 1 is 1.54 bits per heavy atom. The Hall–Kier alpha value is -1.16. The zero-order valence-electron chi connectivity index (χ0n) is 7.49. The van der Waals surface area contributed by atoms with Crippen LogP contribution in [0.15, 0.2) is 12.1 Å². The maximum Gasteiger partial charge on any atom is 0.227 e. The Labute approximate surface area is 81.5 Å². The molecular formula is C8H10ClN3O. The number of carbonyl (C=O) groups excluding carboxylic acids is 1. The van der Waals surface area contributed by atoms with E-state index in [9.17, 15) is 4.79 Å². The number of rotatable bonds is 2. The van der Waals surface area contributed by atoms with E-state index < -0.39 is 0 Å². The minimum absolute atomic E-state index is 0.00313. The van der Waals surface area contributed by atoms with Gasteiger partial charge in [-0.3, -0.25) is 9.69 Å². The highest BCUT2D eigenvalue weighted by atomic mass is 35.5. The van der Waals surface area contributed by atoms with Gasteiger partial charge in [0.15, 0.2) is 11.0 Å². The molecule has 1 aromatic heterocycles. The van der Waals surface area contributed by atoms with Crippen molar-refractivity contribution in [1.29, 1.82) is 0 Å². The van der Waals surface area contributed by atoms with Gasteiger partial charge in [0.05, 0.1) is 0 Å². The van der Waals surface area contributed by atoms with E-state index in [4.69, 9.17) is 11.6 Å². The highest BCUT2D eigenvalue weighted by molar-refractivity contribution is 6.29. The van der Waals surface area contributed by atoms with Crippen molar-refractivity contribution in [2.45, 2.75) is 13.3 Å². The molecule has 13 heavy (non-hydrogen) atoms. The summed E-state index contributed by atoms with van der Waals surface area (Å²) >= 11 is 5.55. The maximum absolute atomic E-state index is 11.2. The second-order valence-corrected chi connectivity index (χ2v) is 2.91. The summed E-state index contributed by atoms with van der Waals surface area (Å²) in [6.07, 6.45) is 0.445. The van der Waals surface area contributed by atoms with Gasteiger partial charge in [0, 0.05) is 13.5 Å². The summed E-state index contributed by atoms with van der Waals surface area (Å²) in [7, 11) is 1.66. The number of aromatic nitrogens is 2. The smallest absolute Gasteiger partial charge is 0.227 e. The van der Waals surface area contributed by atoms with E-state index >= 15 is 0 Å². The lowest BCUT2D eigenvalue weighted by atomic mass is 10.4. The van der Waals surface area contributed by atoms with Gasteiger partial charge in [-0.15, -0.1) is 10.2 Å². The molecule has 5 heteroatoms. The van der Waals surface area contributed by atoms with Crippen LogP contribution in [0.5, 0.6) is 0 Å². The van der Waals surface area contributed by atoms with Gasteiger partial charge in [-0.25, -0.2) is 0 Å². The lowest BCUT2D eigenvalue weighted by Gasteiger charge is -2.13. The van der Waals surface area contributed by atoms with Crippen LogP contribution in [0.4, 0.5) is 5.82 Å². The minimum atomic E-state index is -0.00313. The normalized spacial score (nSPS) is 9.77. The molecule has 0 bridgehead atoms. The molecule has 0 aromatic carbocycles. The zero-order valence-corrected chi connectivity index (χ0v) is 8.25. The molecule has 0 fully saturated rings. The summed E-state index contributed by atoms with van der Waals surface area (Å²) in [6, 6.07) is 3.26. The standard InChI is InChI=1S/C8H10ClN3O/c1-3-8(13)12(2)7-5-4-6(9)10-11-7/h4-5H,3H2,1-2H3. The predicted octanol–water partition coefficient (Wildman–Crippen LogP) is 1.50. The van der Waals surface area contributed by atoms with Crippen LogP contribution in [-0.2, 0) is 4.79 Å². The Morgan fingerprint density at radius 2 is 2.23 bits per heavy atom. The monoisotopic (exact) mass is 199 g/mol. The molecule has 0 aliphatic carbocycles. The number of hydrogen-bond acceptors (Lipinski definition) is 3. The first kappa shape index (κ1) is 9.92. The van der Waals surface area contributed by atoms with E-state index in [0.29, 0.717) is 17.4 Å². The third-order valence-electron chi connectivity index (χ3n) is 1.64. The van der Waals surface area contributed by atoms with E-state index in [0.717, 1.165) is 0 Å². The second-order valence-electron chi connectivity index (χ2n) is 2.52.